The standard InChI is InChI=1S/C24H29N3O4/c1-17(2)23-24(29)27(20-9-3-4-10-21(20)31-23)16-22(28)26(15-19-8-6-12-30-19)14-18-7-5-11-25-13-18/h3-5,7,9-11,13,17,19,23H,6,8,12,14-16H2,1-2H3. The van der Waals surface area contributed by atoms with E-state index in [1.54, 1.807) is 22.2 Å². The fourth-order valence-corrected chi connectivity index (χ4v) is 4.06. The third kappa shape index (κ3) is 4.88. The molecule has 0 spiro atoms. The first kappa shape index (κ1) is 21.3. The average Bonchev–Trinajstić information content (AvgIpc) is 3.28. The number of hydrogen-bond donors (Lipinski definition) is 0. The van der Waals surface area contributed by atoms with Gasteiger partial charge in [-0.2, -0.15) is 0 Å². The van der Waals surface area contributed by atoms with Crippen molar-refractivity contribution in [3.63, 3.8) is 0 Å². The SMILES string of the molecule is CC(C)C1Oc2ccccc2N(CC(=O)N(Cc2cccnc2)CC2CCCO2)C1=O. The van der Waals surface area contributed by atoms with Crippen molar-refractivity contribution in [2.45, 2.75) is 45.4 Å². The van der Waals surface area contributed by atoms with Crippen LogP contribution in [0.1, 0.15) is 32.3 Å². The van der Waals surface area contributed by atoms with Crippen LogP contribution in [0, 0.1) is 5.92 Å². The van der Waals surface area contributed by atoms with Crippen LogP contribution in [0.2, 0.25) is 0 Å². The highest BCUT2D eigenvalue weighted by atomic mass is 16.5. The zero-order valence-electron chi connectivity index (χ0n) is 18.1. The van der Waals surface area contributed by atoms with Gasteiger partial charge in [-0.3, -0.25) is 19.5 Å². The van der Waals surface area contributed by atoms with Crippen molar-refractivity contribution in [2.75, 3.05) is 24.6 Å². The smallest absolute Gasteiger partial charge is 0.268 e. The molecule has 0 saturated carbocycles. The quantitative estimate of drug-likeness (QED) is 0.685. The zero-order chi connectivity index (χ0) is 21.8. The number of nitrogens with zero attached hydrogens (tertiary/aromatic N) is 3. The topological polar surface area (TPSA) is 72.0 Å². The Balaban J connectivity index is 1.56. The maximum atomic E-state index is 13.5. The van der Waals surface area contributed by atoms with E-state index < -0.39 is 6.10 Å². The van der Waals surface area contributed by atoms with Crippen LogP contribution in [0.3, 0.4) is 0 Å². The summed E-state index contributed by atoms with van der Waals surface area (Å²) in [5, 5.41) is 0. The van der Waals surface area contributed by atoms with E-state index in [0.29, 0.717) is 24.5 Å². The number of fused-ring (bicyclic) bond motifs is 1. The Morgan fingerprint density at radius 3 is 2.81 bits per heavy atom. The highest BCUT2D eigenvalue weighted by Gasteiger charge is 2.38. The van der Waals surface area contributed by atoms with Crippen molar-refractivity contribution in [3.8, 4) is 5.75 Å². The lowest BCUT2D eigenvalue weighted by atomic mass is 10.0. The number of benzene rings is 1. The highest BCUT2D eigenvalue weighted by molar-refractivity contribution is 6.04. The van der Waals surface area contributed by atoms with Crippen molar-refractivity contribution in [3.05, 3.63) is 54.4 Å². The van der Waals surface area contributed by atoms with Crippen molar-refractivity contribution in [2.24, 2.45) is 5.92 Å². The molecule has 1 aromatic carbocycles. The van der Waals surface area contributed by atoms with Gasteiger partial charge in [0.1, 0.15) is 12.3 Å². The predicted molar refractivity (Wildman–Crippen MR) is 117 cm³/mol. The van der Waals surface area contributed by atoms with Gasteiger partial charge in [-0.05, 0) is 42.5 Å². The van der Waals surface area contributed by atoms with E-state index in [0.717, 1.165) is 25.0 Å². The summed E-state index contributed by atoms with van der Waals surface area (Å²) in [5.74, 6) is 0.329. The highest BCUT2D eigenvalue weighted by Crippen LogP contribution is 2.35. The van der Waals surface area contributed by atoms with E-state index in [1.165, 1.54) is 0 Å². The molecular weight excluding hydrogens is 394 g/mol. The van der Waals surface area contributed by atoms with Crippen molar-refractivity contribution in [1.29, 1.82) is 0 Å². The number of carbonyl (C=O) groups excluding carboxylic acids is 2. The molecule has 0 N–H and O–H groups in total. The summed E-state index contributed by atoms with van der Waals surface area (Å²) in [5.41, 5.74) is 1.58. The van der Waals surface area contributed by atoms with Crippen LogP contribution in [0.25, 0.3) is 0 Å². The van der Waals surface area contributed by atoms with E-state index in [9.17, 15) is 9.59 Å². The fourth-order valence-electron chi connectivity index (χ4n) is 4.06. The van der Waals surface area contributed by atoms with Crippen molar-refractivity contribution in [1.82, 2.24) is 9.88 Å². The second-order valence-electron chi connectivity index (χ2n) is 8.45. The zero-order valence-corrected chi connectivity index (χ0v) is 18.1. The van der Waals surface area contributed by atoms with Crippen LogP contribution >= 0.6 is 0 Å². The van der Waals surface area contributed by atoms with Crippen LogP contribution in [0.5, 0.6) is 5.75 Å². The average molecular weight is 424 g/mol. The number of hydrogen-bond acceptors (Lipinski definition) is 5. The summed E-state index contributed by atoms with van der Waals surface area (Å²) >= 11 is 0. The van der Waals surface area contributed by atoms with Gasteiger partial charge in [-0.1, -0.05) is 32.0 Å². The molecule has 2 atom stereocenters. The molecule has 0 radical (unpaired) electrons. The Morgan fingerprint density at radius 1 is 1.26 bits per heavy atom. The summed E-state index contributed by atoms with van der Waals surface area (Å²) in [4.78, 5) is 34.1. The van der Waals surface area contributed by atoms with Gasteiger partial charge in [0.15, 0.2) is 6.10 Å². The number of carbonyl (C=O) groups is 2. The molecule has 2 aromatic rings. The minimum atomic E-state index is -0.604. The van der Waals surface area contributed by atoms with Crippen LogP contribution in [0.4, 0.5) is 5.69 Å². The summed E-state index contributed by atoms with van der Waals surface area (Å²) in [6, 6.07) is 11.2. The first-order chi connectivity index (χ1) is 15.0. The maximum Gasteiger partial charge on any atom is 0.268 e. The molecule has 1 aromatic heterocycles. The molecule has 31 heavy (non-hydrogen) atoms. The van der Waals surface area contributed by atoms with Crippen LogP contribution in [-0.4, -0.2) is 53.6 Å². The second-order valence-corrected chi connectivity index (χ2v) is 8.45. The molecular formula is C24H29N3O4. The number of rotatable bonds is 7. The van der Waals surface area contributed by atoms with E-state index in [-0.39, 0.29) is 30.4 Å². The normalized spacial score (nSPS) is 20.5. The molecule has 3 heterocycles. The minimum Gasteiger partial charge on any atom is -0.478 e. The lowest BCUT2D eigenvalue weighted by Gasteiger charge is -2.36. The Labute approximate surface area is 183 Å². The Kier molecular flexibility index (Phi) is 6.51. The first-order valence-electron chi connectivity index (χ1n) is 10.9. The molecule has 1 saturated heterocycles. The van der Waals surface area contributed by atoms with Gasteiger partial charge in [0.05, 0.1) is 11.8 Å². The first-order valence-corrected chi connectivity index (χ1v) is 10.9. The molecule has 0 aliphatic carbocycles. The molecule has 7 heteroatoms. The summed E-state index contributed by atoms with van der Waals surface area (Å²) in [6.45, 7) is 5.52. The number of amides is 2. The van der Waals surface area contributed by atoms with E-state index >= 15 is 0 Å². The molecule has 7 nitrogen and oxygen atoms in total. The Hall–Kier alpha value is -2.93. The van der Waals surface area contributed by atoms with Crippen LogP contribution < -0.4 is 9.64 Å². The molecule has 4 rings (SSSR count). The monoisotopic (exact) mass is 423 g/mol. The number of aromatic nitrogens is 1. The Bertz CT molecular complexity index is 912. The minimum absolute atomic E-state index is 0.00292. The van der Waals surface area contributed by atoms with Crippen LogP contribution in [-0.2, 0) is 20.9 Å². The summed E-state index contributed by atoms with van der Waals surface area (Å²) in [7, 11) is 0. The predicted octanol–water partition coefficient (Wildman–Crippen LogP) is 3.04. The summed E-state index contributed by atoms with van der Waals surface area (Å²) < 4.78 is 11.7. The second kappa shape index (κ2) is 9.47. The van der Waals surface area contributed by atoms with E-state index in [4.69, 9.17) is 9.47 Å². The van der Waals surface area contributed by atoms with Crippen molar-refractivity contribution < 1.29 is 19.1 Å². The van der Waals surface area contributed by atoms with Gasteiger partial charge in [-0.25, -0.2) is 0 Å². The Morgan fingerprint density at radius 2 is 2.10 bits per heavy atom. The lowest BCUT2D eigenvalue weighted by molar-refractivity contribution is -0.135. The van der Waals surface area contributed by atoms with Gasteiger partial charge in [0, 0.05) is 32.1 Å². The van der Waals surface area contributed by atoms with Gasteiger partial charge in [0.2, 0.25) is 5.91 Å². The van der Waals surface area contributed by atoms with Gasteiger partial charge >= 0.3 is 0 Å². The number of pyridine rings is 1. The van der Waals surface area contributed by atoms with Crippen molar-refractivity contribution >= 4 is 17.5 Å². The number of anilines is 1. The summed E-state index contributed by atoms with van der Waals surface area (Å²) in [6.07, 6.45) is 4.84. The van der Waals surface area contributed by atoms with Crippen LogP contribution in [0.15, 0.2) is 48.8 Å². The largest absolute Gasteiger partial charge is 0.478 e. The number of ether oxygens (including phenoxy) is 2. The van der Waals surface area contributed by atoms with Gasteiger partial charge in [0.25, 0.3) is 5.91 Å². The molecule has 1 fully saturated rings. The molecule has 0 bridgehead atoms. The molecule has 2 amide bonds. The van der Waals surface area contributed by atoms with E-state index in [1.807, 2.05) is 50.2 Å². The van der Waals surface area contributed by atoms with Gasteiger partial charge < -0.3 is 14.4 Å². The fraction of sp³-hybridized carbons (Fsp3) is 0.458. The molecule has 2 aliphatic rings. The van der Waals surface area contributed by atoms with E-state index in [2.05, 4.69) is 4.98 Å². The molecule has 164 valence electrons. The third-order valence-electron chi connectivity index (χ3n) is 5.72. The third-order valence-corrected chi connectivity index (χ3v) is 5.72. The molecule has 2 aliphatic heterocycles. The molecule has 2 unspecified atom stereocenters. The number of para-hydroxylation sites is 2. The lowest BCUT2D eigenvalue weighted by Crippen LogP contribution is -2.52. The maximum absolute atomic E-state index is 13.5. The van der Waals surface area contributed by atoms with Gasteiger partial charge in [-0.15, -0.1) is 0 Å².